The van der Waals surface area contributed by atoms with E-state index in [1.165, 1.54) is 24.8 Å². The number of likely N-dealkylation sites (tertiary alicyclic amines) is 1. The van der Waals surface area contributed by atoms with Gasteiger partial charge in [-0.1, -0.05) is 64.3 Å². The number of nitrogens with zero attached hydrogens (tertiary/aromatic N) is 5. The Bertz CT molecular complexity index is 2540. The number of ether oxygens (including phenoxy) is 1. The molecule has 2 saturated heterocycles. The molecule has 5 aromatic rings. The van der Waals surface area contributed by atoms with Crippen molar-refractivity contribution in [1.82, 2.24) is 24.6 Å². The highest BCUT2D eigenvalue weighted by atomic mass is 32.2. The lowest BCUT2D eigenvalue weighted by atomic mass is 9.70. The van der Waals surface area contributed by atoms with Gasteiger partial charge in [0.1, 0.15) is 22.0 Å². The molecule has 14 heteroatoms. The fourth-order valence-corrected chi connectivity index (χ4v) is 11.5. The Balaban J connectivity index is 0.891. The third kappa shape index (κ3) is 8.68. The van der Waals surface area contributed by atoms with Crippen molar-refractivity contribution in [1.29, 1.82) is 0 Å². The van der Waals surface area contributed by atoms with E-state index in [9.17, 15) is 18.1 Å². The normalized spacial score (nSPS) is 22.7. The van der Waals surface area contributed by atoms with Gasteiger partial charge in [0.25, 0.3) is 15.9 Å². The Morgan fingerprint density at radius 2 is 1.76 bits per heavy atom. The largest absolute Gasteiger partial charge is 0.455 e. The molecule has 3 N–H and O–H groups in total. The summed E-state index contributed by atoms with van der Waals surface area (Å²) in [5, 5.41) is 7.08. The number of amides is 1. The quantitative estimate of drug-likeness (QED) is 0.0972. The van der Waals surface area contributed by atoms with Crippen molar-refractivity contribution in [2.45, 2.75) is 101 Å². The Labute approximate surface area is 364 Å². The van der Waals surface area contributed by atoms with Crippen molar-refractivity contribution in [3.8, 4) is 11.5 Å². The summed E-state index contributed by atoms with van der Waals surface area (Å²) in [6.07, 6.45) is 14.9. The van der Waals surface area contributed by atoms with Crippen LogP contribution in [0.3, 0.4) is 0 Å². The van der Waals surface area contributed by atoms with Crippen molar-refractivity contribution in [3.05, 3.63) is 101 Å². The number of benzene rings is 2. The van der Waals surface area contributed by atoms with E-state index in [1.807, 2.05) is 24.3 Å². The molecule has 2 atom stereocenters. The number of rotatable bonds is 13. The molecule has 1 amide bonds. The molecular formula is C48H58N8O5S. The lowest BCUT2D eigenvalue weighted by molar-refractivity contribution is -0.0493. The van der Waals surface area contributed by atoms with E-state index in [-0.39, 0.29) is 27.7 Å². The van der Waals surface area contributed by atoms with E-state index < -0.39 is 15.9 Å². The van der Waals surface area contributed by atoms with E-state index in [0.29, 0.717) is 53.1 Å². The fraction of sp³-hybridized carbons (Fsp3) is 0.479. The molecule has 62 heavy (non-hydrogen) atoms. The molecule has 2 unspecified atom stereocenters. The van der Waals surface area contributed by atoms with Gasteiger partial charge in [0, 0.05) is 68.3 Å². The predicted octanol–water partition coefficient (Wildman–Crippen LogP) is 9.87. The smallest absolute Gasteiger partial charge is 0.268 e. The molecule has 4 aliphatic rings. The SMILES string of the molecule is CC1CCC(CNc2ncc(S(=O)(=O)NC(=O)c3ccc(N4CCC5(CC4)CN(C4CCCC4c4ccccc4C(C)C)C5)cc3Oc3cnc4[nH]ccc4c3)cc2N=O)CC1. The molecule has 0 bridgehead atoms. The molecule has 4 fully saturated rings. The zero-order valence-electron chi connectivity index (χ0n) is 36.0. The number of fused-ring (bicyclic) bond motifs is 1. The first-order valence-corrected chi connectivity index (χ1v) is 23.9. The van der Waals surface area contributed by atoms with Crippen LogP contribution < -0.4 is 19.7 Å². The number of sulfonamides is 1. The number of carbonyl (C=O) groups is 1. The maximum Gasteiger partial charge on any atom is 0.268 e. The molecule has 2 aliphatic heterocycles. The van der Waals surface area contributed by atoms with Crippen LogP contribution in [0.2, 0.25) is 0 Å². The Morgan fingerprint density at radius 3 is 2.53 bits per heavy atom. The summed E-state index contributed by atoms with van der Waals surface area (Å²) in [4.78, 5) is 42.3. The third-order valence-electron chi connectivity index (χ3n) is 14.2. The van der Waals surface area contributed by atoms with Gasteiger partial charge in [0.05, 0.1) is 11.8 Å². The summed E-state index contributed by atoms with van der Waals surface area (Å²) in [5.74, 6) is 2.18. The van der Waals surface area contributed by atoms with Crippen LogP contribution in [0, 0.1) is 22.2 Å². The number of pyridine rings is 2. The second kappa shape index (κ2) is 17.4. The molecule has 5 heterocycles. The topological polar surface area (TPSA) is 162 Å². The molecule has 0 radical (unpaired) electrons. The number of nitrogens with one attached hydrogen (secondary N) is 3. The first kappa shape index (κ1) is 42.0. The molecular weight excluding hydrogens is 801 g/mol. The summed E-state index contributed by atoms with van der Waals surface area (Å²) in [7, 11) is -4.46. The molecule has 1 spiro atoms. The van der Waals surface area contributed by atoms with E-state index in [1.54, 1.807) is 24.0 Å². The summed E-state index contributed by atoms with van der Waals surface area (Å²) >= 11 is 0. The van der Waals surface area contributed by atoms with Gasteiger partial charge >= 0.3 is 0 Å². The standard InChI is InChI=1S/C48H58N8O5S/c1-31(2)38-7-4-5-8-39(38)40-9-6-10-43(40)56-29-48(30-56)18-21-55(22-19-48)35-15-16-41(44(24-35)61-36-23-34-17-20-49-45(34)51-27-36)47(57)54-62(59,60)37-25-42(53-58)46(52-28-37)50-26-33-13-11-32(3)12-14-33/h4-5,7-8,15-17,20,23-25,27-28,31-33,40,43H,6,9-14,18-19,21-22,26,29-30H2,1-3H3,(H,49,51)(H,50,52)(H,54,57). The van der Waals surface area contributed by atoms with Gasteiger partial charge in [0.2, 0.25) is 0 Å². The molecule has 2 saturated carbocycles. The van der Waals surface area contributed by atoms with Gasteiger partial charge < -0.3 is 19.9 Å². The van der Waals surface area contributed by atoms with E-state index in [4.69, 9.17) is 4.74 Å². The first-order chi connectivity index (χ1) is 30.0. The number of nitroso groups, excluding NO2 is 1. The highest BCUT2D eigenvalue weighted by Crippen LogP contribution is 2.49. The molecule has 2 aliphatic carbocycles. The highest BCUT2D eigenvalue weighted by Gasteiger charge is 2.49. The minimum Gasteiger partial charge on any atom is -0.455 e. The van der Waals surface area contributed by atoms with Gasteiger partial charge in [-0.05, 0) is 114 Å². The number of anilines is 2. The monoisotopic (exact) mass is 858 g/mol. The number of carbonyl (C=O) groups excluding carboxylic acids is 1. The van der Waals surface area contributed by atoms with Gasteiger partial charge in [-0.25, -0.2) is 23.1 Å². The second-order valence-corrected chi connectivity index (χ2v) is 20.4. The van der Waals surface area contributed by atoms with Crippen LogP contribution in [0.5, 0.6) is 11.5 Å². The van der Waals surface area contributed by atoms with Crippen molar-refractivity contribution >= 4 is 44.2 Å². The van der Waals surface area contributed by atoms with Crippen molar-refractivity contribution in [3.63, 3.8) is 0 Å². The van der Waals surface area contributed by atoms with E-state index >= 15 is 0 Å². The van der Waals surface area contributed by atoms with Gasteiger partial charge in [-0.3, -0.25) is 9.69 Å². The van der Waals surface area contributed by atoms with Crippen LogP contribution >= 0.6 is 0 Å². The average Bonchev–Trinajstić information content (AvgIpc) is 3.95. The maximum absolute atomic E-state index is 13.9. The number of aromatic nitrogens is 3. The summed E-state index contributed by atoms with van der Waals surface area (Å²) in [5.41, 5.74) is 4.79. The van der Waals surface area contributed by atoms with Crippen molar-refractivity contribution in [2.75, 3.05) is 42.9 Å². The Morgan fingerprint density at radius 1 is 0.968 bits per heavy atom. The van der Waals surface area contributed by atoms with Crippen molar-refractivity contribution < 1.29 is 17.9 Å². The van der Waals surface area contributed by atoms with Crippen LogP contribution in [-0.2, 0) is 10.0 Å². The molecule has 326 valence electrons. The predicted molar refractivity (Wildman–Crippen MR) is 243 cm³/mol. The van der Waals surface area contributed by atoms with Crippen LogP contribution in [-0.4, -0.2) is 72.9 Å². The highest BCUT2D eigenvalue weighted by molar-refractivity contribution is 7.90. The molecule has 13 nitrogen and oxygen atoms in total. The number of hydrogen-bond donors (Lipinski definition) is 3. The lowest BCUT2D eigenvalue weighted by Crippen LogP contribution is -2.63. The van der Waals surface area contributed by atoms with Crippen LogP contribution in [0.1, 0.15) is 112 Å². The van der Waals surface area contributed by atoms with Gasteiger partial charge in [-0.15, -0.1) is 4.91 Å². The Hall–Kier alpha value is -5.34. The van der Waals surface area contributed by atoms with Crippen LogP contribution in [0.15, 0.2) is 89.3 Å². The van der Waals surface area contributed by atoms with E-state index in [2.05, 4.69) is 85.0 Å². The number of H-pyrrole nitrogens is 1. The van der Waals surface area contributed by atoms with E-state index in [0.717, 1.165) is 88.0 Å². The van der Waals surface area contributed by atoms with Crippen molar-refractivity contribution in [2.24, 2.45) is 22.4 Å². The maximum atomic E-state index is 13.9. The third-order valence-corrected chi connectivity index (χ3v) is 15.5. The minimum absolute atomic E-state index is 0.0292. The minimum atomic E-state index is -4.46. The molecule has 3 aromatic heterocycles. The fourth-order valence-electron chi connectivity index (χ4n) is 10.6. The lowest BCUT2D eigenvalue weighted by Gasteiger charge is -2.57. The van der Waals surface area contributed by atoms with Crippen LogP contribution in [0.4, 0.5) is 17.2 Å². The number of piperidine rings is 1. The van der Waals surface area contributed by atoms with Gasteiger partial charge in [0.15, 0.2) is 11.5 Å². The first-order valence-electron chi connectivity index (χ1n) is 22.4. The zero-order chi connectivity index (χ0) is 43.0. The second-order valence-electron chi connectivity index (χ2n) is 18.7. The average molecular weight is 859 g/mol. The van der Waals surface area contributed by atoms with Crippen LogP contribution in [0.25, 0.3) is 11.0 Å². The number of hydrogen-bond acceptors (Lipinski definition) is 11. The summed E-state index contributed by atoms with van der Waals surface area (Å²) in [6, 6.07) is 19.8. The molecule has 9 rings (SSSR count). The summed E-state index contributed by atoms with van der Waals surface area (Å²) < 4.78 is 35.9. The molecule has 2 aromatic carbocycles. The Kier molecular flexibility index (Phi) is 11.8. The number of aromatic amines is 1. The zero-order valence-corrected chi connectivity index (χ0v) is 36.8. The summed E-state index contributed by atoms with van der Waals surface area (Å²) in [6.45, 7) is 11.4. The van der Waals surface area contributed by atoms with Gasteiger partial charge in [-0.2, -0.15) is 0 Å².